The lowest BCUT2D eigenvalue weighted by atomic mass is 9.91. The number of aryl methyl sites for hydroxylation is 1. The standard InChI is InChI=1S/C16H20N2O2/c1-12-6-7-13(10-14(12)19)15(20)18-16(11-17)8-4-2-3-5-9-16/h6-7,10,19H,2-5,8-9H2,1H3,(H,18,20). The van der Waals surface area contributed by atoms with Gasteiger partial charge >= 0.3 is 0 Å². The molecule has 0 bridgehead atoms. The van der Waals surface area contributed by atoms with E-state index >= 15 is 0 Å². The van der Waals surface area contributed by atoms with Gasteiger partial charge in [-0.15, -0.1) is 0 Å². The number of hydrogen-bond acceptors (Lipinski definition) is 3. The van der Waals surface area contributed by atoms with Gasteiger partial charge in [-0.3, -0.25) is 4.79 Å². The second-order valence-corrected chi connectivity index (χ2v) is 5.56. The molecule has 0 unspecified atom stereocenters. The van der Waals surface area contributed by atoms with Gasteiger partial charge in [-0.1, -0.05) is 31.7 Å². The van der Waals surface area contributed by atoms with E-state index in [0.29, 0.717) is 18.4 Å². The third kappa shape index (κ3) is 3.11. The largest absolute Gasteiger partial charge is 0.508 e. The fraction of sp³-hybridized carbons (Fsp3) is 0.500. The molecule has 0 heterocycles. The smallest absolute Gasteiger partial charge is 0.252 e. The average molecular weight is 272 g/mol. The summed E-state index contributed by atoms with van der Waals surface area (Å²) in [7, 11) is 0. The lowest BCUT2D eigenvalue weighted by Gasteiger charge is -2.26. The van der Waals surface area contributed by atoms with Crippen LogP contribution in [0, 0.1) is 18.3 Å². The average Bonchev–Trinajstić information content (AvgIpc) is 2.68. The maximum atomic E-state index is 12.3. The highest BCUT2D eigenvalue weighted by molar-refractivity contribution is 5.95. The molecule has 4 heteroatoms. The number of amides is 1. The zero-order valence-corrected chi connectivity index (χ0v) is 11.8. The van der Waals surface area contributed by atoms with Crippen molar-refractivity contribution in [2.24, 2.45) is 0 Å². The molecule has 1 aliphatic carbocycles. The maximum Gasteiger partial charge on any atom is 0.252 e. The van der Waals surface area contributed by atoms with Gasteiger partial charge in [0.15, 0.2) is 0 Å². The molecule has 0 saturated heterocycles. The molecule has 0 aromatic heterocycles. The minimum absolute atomic E-state index is 0.101. The Hall–Kier alpha value is -2.02. The third-order valence-corrected chi connectivity index (χ3v) is 4.00. The Morgan fingerprint density at radius 2 is 1.95 bits per heavy atom. The van der Waals surface area contributed by atoms with Gasteiger partial charge in [-0.2, -0.15) is 5.26 Å². The normalized spacial score (nSPS) is 17.8. The van der Waals surface area contributed by atoms with E-state index in [4.69, 9.17) is 0 Å². The summed E-state index contributed by atoms with van der Waals surface area (Å²) in [5, 5.41) is 22.0. The fourth-order valence-electron chi connectivity index (χ4n) is 2.64. The van der Waals surface area contributed by atoms with Gasteiger partial charge in [0, 0.05) is 5.56 Å². The Kier molecular flexibility index (Phi) is 4.29. The Balaban J connectivity index is 2.16. The first-order valence-electron chi connectivity index (χ1n) is 7.10. The molecule has 1 amide bonds. The van der Waals surface area contributed by atoms with Crippen LogP contribution in [0.25, 0.3) is 0 Å². The number of benzene rings is 1. The van der Waals surface area contributed by atoms with Crippen molar-refractivity contribution in [3.8, 4) is 11.8 Å². The van der Waals surface area contributed by atoms with Gasteiger partial charge < -0.3 is 10.4 Å². The molecular formula is C16H20N2O2. The van der Waals surface area contributed by atoms with E-state index in [1.807, 2.05) is 0 Å². The molecular weight excluding hydrogens is 252 g/mol. The van der Waals surface area contributed by atoms with Crippen molar-refractivity contribution in [3.63, 3.8) is 0 Å². The van der Waals surface area contributed by atoms with Gasteiger partial charge in [0.2, 0.25) is 0 Å². The second-order valence-electron chi connectivity index (χ2n) is 5.56. The molecule has 1 saturated carbocycles. The van der Waals surface area contributed by atoms with Crippen LogP contribution in [0.5, 0.6) is 5.75 Å². The van der Waals surface area contributed by atoms with Crippen LogP contribution in [-0.2, 0) is 0 Å². The minimum Gasteiger partial charge on any atom is -0.508 e. The summed E-state index contributed by atoms with van der Waals surface area (Å²) in [6, 6.07) is 7.12. The summed E-state index contributed by atoms with van der Waals surface area (Å²) in [5.74, 6) is -0.187. The van der Waals surface area contributed by atoms with Gasteiger partial charge in [-0.05, 0) is 37.5 Å². The molecule has 4 nitrogen and oxygen atoms in total. The number of nitrogens with one attached hydrogen (secondary N) is 1. The van der Waals surface area contributed by atoms with Crippen LogP contribution in [0.2, 0.25) is 0 Å². The molecule has 2 rings (SSSR count). The Morgan fingerprint density at radius 1 is 1.30 bits per heavy atom. The minimum atomic E-state index is -0.756. The lowest BCUT2D eigenvalue weighted by molar-refractivity contribution is 0.0912. The quantitative estimate of drug-likeness (QED) is 0.813. The van der Waals surface area contributed by atoms with E-state index in [9.17, 15) is 15.2 Å². The van der Waals surface area contributed by atoms with Crippen molar-refractivity contribution in [1.82, 2.24) is 5.32 Å². The number of carbonyl (C=O) groups excluding carboxylic acids is 1. The van der Waals surface area contributed by atoms with E-state index in [2.05, 4.69) is 11.4 Å². The van der Waals surface area contributed by atoms with E-state index in [0.717, 1.165) is 31.2 Å². The number of carbonyl (C=O) groups is 1. The van der Waals surface area contributed by atoms with E-state index in [1.165, 1.54) is 6.07 Å². The first-order valence-corrected chi connectivity index (χ1v) is 7.10. The molecule has 20 heavy (non-hydrogen) atoms. The van der Waals surface area contributed by atoms with Crippen molar-refractivity contribution in [2.75, 3.05) is 0 Å². The Bertz CT molecular complexity index is 538. The maximum absolute atomic E-state index is 12.3. The molecule has 1 aliphatic rings. The van der Waals surface area contributed by atoms with Crippen LogP contribution in [0.1, 0.15) is 54.4 Å². The highest BCUT2D eigenvalue weighted by atomic mass is 16.3. The lowest BCUT2D eigenvalue weighted by Crippen LogP contribution is -2.47. The first-order chi connectivity index (χ1) is 9.56. The number of nitriles is 1. The molecule has 0 atom stereocenters. The number of rotatable bonds is 2. The summed E-state index contributed by atoms with van der Waals surface area (Å²) >= 11 is 0. The summed E-state index contributed by atoms with van der Waals surface area (Å²) in [4.78, 5) is 12.3. The summed E-state index contributed by atoms with van der Waals surface area (Å²) < 4.78 is 0. The van der Waals surface area contributed by atoms with Crippen molar-refractivity contribution < 1.29 is 9.90 Å². The molecule has 0 aliphatic heterocycles. The van der Waals surface area contributed by atoms with Crippen molar-refractivity contribution in [1.29, 1.82) is 5.26 Å². The second kappa shape index (κ2) is 5.96. The topological polar surface area (TPSA) is 73.1 Å². The number of phenolic OH excluding ortho intramolecular Hbond substituents is 1. The van der Waals surface area contributed by atoms with Gasteiger partial charge in [0.05, 0.1) is 6.07 Å². The Labute approximate surface area is 119 Å². The van der Waals surface area contributed by atoms with Gasteiger partial charge in [0.1, 0.15) is 11.3 Å². The van der Waals surface area contributed by atoms with Crippen molar-refractivity contribution >= 4 is 5.91 Å². The van der Waals surface area contributed by atoms with Crippen LogP contribution >= 0.6 is 0 Å². The monoisotopic (exact) mass is 272 g/mol. The first kappa shape index (κ1) is 14.4. The third-order valence-electron chi connectivity index (χ3n) is 4.00. The van der Waals surface area contributed by atoms with Crippen LogP contribution in [0.4, 0.5) is 0 Å². The SMILES string of the molecule is Cc1ccc(C(=O)NC2(C#N)CCCCCC2)cc1O. The highest BCUT2D eigenvalue weighted by Crippen LogP contribution is 2.27. The number of phenols is 1. The summed E-state index contributed by atoms with van der Waals surface area (Å²) in [5.41, 5.74) is 0.367. The number of hydrogen-bond donors (Lipinski definition) is 2. The fourth-order valence-corrected chi connectivity index (χ4v) is 2.64. The van der Waals surface area contributed by atoms with E-state index in [1.54, 1.807) is 19.1 Å². The van der Waals surface area contributed by atoms with Crippen LogP contribution in [0.3, 0.4) is 0 Å². The summed E-state index contributed by atoms with van der Waals surface area (Å²) in [6.45, 7) is 1.78. The number of nitrogens with zero attached hydrogens (tertiary/aromatic N) is 1. The molecule has 1 fully saturated rings. The number of aromatic hydroxyl groups is 1. The summed E-state index contributed by atoms with van der Waals surface area (Å²) in [6.07, 6.45) is 5.56. The van der Waals surface area contributed by atoms with Crippen LogP contribution in [0.15, 0.2) is 18.2 Å². The molecule has 1 aromatic rings. The Morgan fingerprint density at radius 3 is 2.50 bits per heavy atom. The zero-order valence-electron chi connectivity index (χ0n) is 11.8. The van der Waals surface area contributed by atoms with E-state index in [-0.39, 0.29) is 11.7 Å². The zero-order chi connectivity index (χ0) is 14.6. The van der Waals surface area contributed by atoms with Crippen molar-refractivity contribution in [3.05, 3.63) is 29.3 Å². The molecule has 106 valence electrons. The molecule has 2 N–H and O–H groups in total. The van der Waals surface area contributed by atoms with Crippen LogP contribution in [-0.4, -0.2) is 16.6 Å². The van der Waals surface area contributed by atoms with E-state index < -0.39 is 5.54 Å². The van der Waals surface area contributed by atoms with Crippen molar-refractivity contribution in [2.45, 2.75) is 51.0 Å². The predicted octanol–water partition coefficient (Wildman–Crippen LogP) is 3.05. The highest BCUT2D eigenvalue weighted by Gasteiger charge is 2.32. The van der Waals surface area contributed by atoms with Crippen LogP contribution < -0.4 is 5.32 Å². The molecule has 1 aromatic carbocycles. The van der Waals surface area contributed by atoms with Gasteiger partial charge in [-0.25, -0.2) is 0 Å². The van der Waals surface area contributed by atoms with Gasteiger partial charge in [0.25, 0.3) is 5.91 Å². The molecule has 0 spiro atoms. The predicted molar refractivity (Wildman–Crippen MR) is 76.4 cm³/mol. The molecule has 0 radical (unpaired) electrons.